The Kier molecular flexibility index (Phi) is 10.6. The summed E-state index contributed by atoms with van der Waals surface area (Å²) in [7, 11) is -4.12. The predicted molar refractivity (Wildman–Crippen MR) is 161 cm³/mol. The van der Waals surface area contributed by atoms with Gasteiger partial charge in [0.05, 0.1) is 10.6 Å². The van der Waals surface area contributed by atoms with E-state index in [4.69, 9.17) is 23.2 Å². The monoisotopic (exact) mass is 603 g/mol. The normalized spacial score (nSPS) is 12.2. The molecule has 2 amide bonds. The molecule has 0 radical (unpaired) electrons. The van der Waals surface area contributed by atoms with Crippen molar-refractivity contribution in [2.75, 3.05) is 17.4 Å². The second-order valence-corrected chi connectivity index (χ2v) is 12.9. The third-order valence-electron chi connectivity index (χ3n) is 6.42. The molecule has 1 unspecified atom stereocenters. The fourth-order valence-electron chi connectivity index (χ4n) is 3.95. The van der Waals surface area contributed by atoms with Gasteiger partial charge in [0, 0.05) is 23.1 Å². The van der Waals surface area contributed by atoms with Crippen molar-refractivity contribution in [3.05, 3.63) is 93.5 Å². The zero-order valence-electron chi connectivity index (χ0n) is 23.3. The maximum absolute atomic E-state index is 14.0. The van der Waals surface area contributed by atoms with E-state index in [1.165, 1.54) is 17.0 Å². The number of hydrogen-bond donors (Lipinski definition) is 1. The summed E-state index contributed by atoms with van der Waals surface area (Å²) in [4.78, 5) is 28.4. The number of carbonyl (C=O) groups excluding carboxylic acids is 2. The molecule has 0 bridgehead atoms. The van der Waals surface area contributed by atoms with Gasteiger partial charge in [-0.2, -0.15) is 0 Å². The Bertz CT molecular complexity index is 1440. The van der Waals surface area contributed by atoms with Crippen LogP contribution in [0.4, 0.5) is 5.69 Å². The van der Waals surface area contributed by atoms with E-state index < -0.39 is 28.5 Å². The van der Waals surface area contributed by atoms with E-state index in [2.05, 4.69) is 5.32 Å². The maximum atomic E-state index is 14.0. The average molecular weight is 605 g/mol. The Balaban J connectivity index is 2.03. The zero-order valence-corrected chi connectivity index (χ0v) is 25.6. The van der Waals surface area contributed by atoms with E-state index in [-0.39, 0.29) is 23.3 Å². The van der Waals surface area contributed by atoms with Gasteiger partial charge < -0.3 is 10.2 Å². The fraction of sp³-hybridized carbons (Fsp3) is 0.333. The van der Waals surface area contributed by atoms with Crippen LogP contribution in [0.1, 0.15) is 37.5 Å². The third-order valence-corrected chi connectivity index (χ3v) is 8.79. The molecule has 3 aromatic carbocycles. The number of halogens is 2. The molecule has 0 spiro atoms. The molecule has 0 heterocycles. The van der Waals surface area contributed by atoms with Gasteiger partial charge >= 0.3 is 0 Å². The first-order chi connectivity index (χ1) is 18.8. The van der Waals surface area contributed by atoms with Gasteiger partial charge in [-0.1, -0.05) is 78.5 Å². The van der Waals surface area contributed by atoms with Crippen LogP contribution in [0.5, 0.6) is 0 Å². The molecule has 3 aromatic rings. The average Bonchev–Trinajstić information content (AvgIpc) is 2.90. The van der Waals surface area contributed by atoms with Crippen molar-refractivity contribution in [1.82, 2.24) is 10.2 Å². The number of amides is 2. The highest BCUT2D eigenvalue weighted by molar-refractivity contribution is 7.92. The lowest BCUT2D eigenvalue weighted by atomic mass is 10.1. The van der Waals surface area contributed by atoms with Crippen molar-refractivity contribution < 1.29 is 18.0 Å². The molecule has 40 heavy (non-hydrogen) atoms. The van der Waals surface area contributed by atoms with Crippen LogP contribution < -0.4 is 9.62 Å². The molecule has 3 rings (SSSR count). The van der Waals surface area contributed by atoms with E-state index >= 15 is 0 Å². The van der Waals surface area contributed by atoms with Crippen molar-refractivity contribution >= 4 is 50.7 Å². The highest BCUT2D eigenvalue weighted by Crippen LogP contribution is 2.27. The lowest BCUT2D eigenvalue weighted by Crippen LogP contribution is -2.51. The molecule has 0 aliphatic carbocycles. The van der Waals surface area contributed by atoms with Crippen LogP contribution in [-0.2, 0) is 26.2 Å². The quantitative estimate of drug-likeness (QED) is 0.291. The van der Waals surface area contributed by atoms with Crippen molar-refractivity contribution in [3.63, 3.8) is 0 Å². The summed E-state index contributed by atoms with van der Waals surface area (Å²) < 4.78 is 28.8. The molecular weight excluding hydrogens is 569 g/mol. The van der Waals surface area contributed by atoms with E-state index in [1.807, 2.05) is 27.7 Å². The zero-order chi connectivity index (χ0) is 29.6. The van der Waals surface area contributed by atoms with Crippen LogP contribution in [0.3, 0.4) is 0 Å². The smallest absolute Gasteiger partial charge is 0.264 e. The SMILES string of the molecule is Cc1ccc(N(CC(=O)N(Cc2ccc(Cl)cc2Cl)C(C)C(=O)NCC(C)C)S(=O)(=O)c2ccc(C)cc2)cc1. The van der Waals surface area contributed by atoms with Crippen molar-refractivity contribution in [2.24, 2.45) is 5.92 Å². The second kappa shape index (κ2) is 13.5. The van der Waals surface area contributed by atoms with Crippen LogP contribution in [0, 0.1) is 19.8 Å². The predicted octanol–water partition coefficient (Wildman–Crippen LogP) is 6.00. The number of benzene rings is 3. The molecule has 214 valence electrons. The Morgan fingerprint density at radius 3 is 2.00 bits per heavy atom. The fourth-order valence-corrected chi connectivity index (χ4v) is 5.83. The maximum Gasteiger partial charge on any atom is 0.264 e. The van der Waals surface area contributed by atoms with E-state index in [1.54, 1.807) is 61.5 Å². The molecule has 0 aliphatic rings. The first-order valence-electron chi connectivity index (χ1n) is 13.0. The van der Waals surface area contributed by atoms with Gasteiger partial charge in [-0.25, -0.2) is 8.42 Å². The van der Waals surface area contributed by atoms with E-state index in [0.717, 1.165) is 15.4 Å². The van der Waals surface area contributed by atoms with Gasteiger partial charge in [0.2, 0.25) is 11.8 Å². The number of nitrogens with one attached hydrogen (secondary N) is 1. The highest BCUT2D eigenvalue weighted by atomic mass is 35.5. The number of carbonyl (C=O) groups is 2. The van der Waals surface area contributed by atoms with Gasteiger partial charge in [-0.15, -0.1) is 0 Å². The minimum absolute atomic E-state index is 0.0165. The number of nitrogens with zero attached hydrogens (tertiary/aromatic N) is 2. The molecule has 10 heteroatoms. The van der Waals surface area contributed by atoms with Crippen LogP contribution in [0.25, 0.3) is 0 Å². The molecular formula is C30H35Cl2N3O4S. The van der Waals surface area contributed by atoms with Gasteiger partial charge in [-0.05, 0) is 68.7 Å². The van der Waals surface area contributed by atoms with Gasteiger partial charge in [0.1, 0.15) is 12.6 Å². The highest BCUT2D eigenvalue weighted by Gasteiger charge is 2.32. The Morgan fingerprint density at radius 1 is 0.875 bits per heavy atom. The number of hydrogen-bond acceptors (Lipinski definition) is 4. The largest absolute Gasteiger partial charge is 0.354 e. The summed E-state index contributed by atoms with van der Waals surface area (Å²) in [6.07, 6.45) is 0. The molecule has 7 nitrogen and oxygen atoms in total. The summed E-state index contributed by atoms with van der Waals surface area (Å²) in [5.74, 6) is -0.701. The molecule has 0 saturated heterocycles. The van der Waals surface area contributed by atoms with Crippen LogP contribution in [0.2, 0.25) is 10.0 Å². The van der Waals surface area contributed by atoms with Crippen LogP contribution in [-0.4, -0.2) is 44.3 Å². The number of aryl methyl sites for hydroxylation is 2. The molecule has 0 fully saturated rings. The molecule has 0 aromatic heterocycles. The summed E-state index contributed by atoms with van der Waals surface area (Å²) in [6, 6.07) is 17.3. The van der Waals surface area contributed by atoms with Crippen molar-refractivity contribution in [3.8, 4) is 0 Å². The third kappa shape index (κ3) is 7.99. The van der Waals surface area contributed by atoms with Crippen LogP contribution in [0.15, 0.2) is 71.6 Å². The summed E-state index contributed by atoms with van der Waals surface area (Å²) in [5.41, 5.74) is 2.76. The molecule has 1 atom stereocenters. The second-order valence-electron chi connectivity index (χ2n) is 10.2. The van der Waals surface area contributed by atoms with Crippen molar-refractivity contribution in [1.29, 1.82) is 0 Å². The standard InChI is InChI=1S/C30H35Cl2N3O4S/c1-20(2)17-33-30(37)23(5)34(18-24-10-11-25(31)16-28(24)32)29(36)19-35(26-12-6-21(3)7-13-26)40(38,39)27-14-8-22(4)9-15-27/h6-16,20,23H,17-19H2,1-5H3,(H,33,37). The summed E-state index contributed by atoms with van der Waals surface area (Å²) in [6.45, 7) is 9.20. The topological polar surface area (TPSA) is 86.8 Å². The summed E-state index contributed by atoms with van der Waals surface area (Å²) in [5, 5.41) is 3.63. The number of anilines is 1. The van der Waals surface area contributed by atoms with Gasteiger partial charge in [0.15, 0.2) is 0 Å². The van der Waals surface area contributed by atoms with Gasteiger partial charge in [0.25, 0.3) is 10.0 Å². The van der Waals surface area contributed by atoms with Gasteiger partial charge in [-0.3, -0.25) is 13.9 Å². The first-order valence-corrected chi connectivity index (χ1v) is 15.2. The number of sulfonamides is 1. The Morgan fingerprint density at radius 2 is 1.45 bits per heavy atom. The van der Waals surface area contributed by atoms with Crippen molar-refractivity contribution in [2.45, 2.75) is 52.1 Å². The van der Waals surface area contributed by atoms with E-state index in [9.17, 15) is 18.0 Å². The van der Waals surface area contributed by atoms with Crippen LogP contribution >= 0.6 is 23.2 Å². The molecule has 0 aliphatic heterocycles. The minimum Gasteiger partial charge on any atom is -0.354 e. The first kappa shape index (κ1) is 31.5. The lowest BCUT2D eigenvalue weighted by Gasteiger charge is -2.32. The Labute approximate surface area is 247 Å². The summed E-state index contributed by atoms with van der Waals surface area (Å²) >= 11 is 12.5. The van der Waals surface area contributed by atoms with E-state index in [0.29, 0.717) is 27.8 Å². The minimum atomic E-state index is -4.12. The Hall–Kier alpha value is -3.07. The molecule has 1 N–H and O–H groups in total. The number of rotatable bonds is 11. The molecule has 0 saturated carbocycles. The lowest BCUT2D eigenvalue weighted by molar-refractivity contribution is -0.139.